The maximum absolute atomic E-state index is 11.0. The van der Waals surface area contributed by atoms with Crippen molar-refractivity contribution in [2.24, 2.45) is 10.8 Å². The van der Waals surface area contributed by atoms with Crippen molar-refractivity contribution >= 4 is 51.5 Å². The van der Waals surface area contributed by atoms with Gasteiger partial charge in [0.1, 0.15) is 5.71 Å². The normalized spacial score (nSPS) is 11.4. The van der Waals surface area contributed by atoms with Crippen LogP contribution in [0.15, 0.2) is 41.5 Å². The van der Waals surface area contributed by atoms with Gasteiger partial charge in [0.05, 0.1) is 10.6 Å². The lowest BCUT2D eigenvalue weighted by Gasteiger charge is -2.02. The summed E-state index contributed by atoms with van der Waals surface area (Å²) in [7, 11) is 0. The highest BCUT2D eigenvalue weighted by Gasteiger charge is 2.12. The third-order valence-corrected chi connectivity index (χ3v) is 4.08. The molecule has 2 rings (SSSR count). The molecule has 0 aliphatic rings. The van der Waals surface area contributed by atoms with Crippen molar-refractivity contribution in [1.29, 1.82) is 0 Å². The lowest BCUT2D eigenvalue weighted by atomic mass is 10.1. The van der Waals surface area contributed by atoms with Crippen molar-refractivity contribution in [2.45, 2.75) is 13.8 Å². The summed E-state index contributed by atoms with van der Waals surface area (Å²) in [4.78, 5) is 16.2. The molecular weight excluding hydrogens is 356 g/mol. The summed E-state index contributed by atoms with van der Waals surface area (Å²) in [5, 5.41) is 4.87. The first-order chi connectivity index (χ1) is 12.0. The van der Waals surface area contributed by atoms with E-state index >= 15 is 0 Å². The number of amides is 1. The number of thiocarbonyl (C=S) groups is 1. The highest BCUT2D eigenvalue weighted by Crippen LogP contribution is 2.23. The Balaban J connectivity index is 2.29. The molecule has 0 radical (unpaired) electrons. The van der Waals surface area contributed by atoms with Crippen molar-refractivity contribution < 1.29 is 4.79 Å². The van der Waals surface area contributed by atoms with Crippen LogP contribution in [0.1, 0.15) is 23.1 Å². The Hall–Kier alpha value is -2.78. The second kappa shape index (κ2) is 8.90. The number of anilines is 1. The second-order valence-electron chi connectivity index (χ2n) is 4.96. The van der Waals surface area contributed by atoms with E-state index in [1.807, 2.05) is 49.4 Å². The summed E-state index contributed by atoms with van der Waals surface area (Å²) in [6.07, 6.45) is 3.78. The zero-order valence-electron chi connectivity index (χ0n) is 13.7. The van der Waals surface area contributed by atoms with Gasteiger partial charge in [0, 0.05) is 6.92 Å². The van der Waals surface area contributed by atoms with Gasteiger partial charge in [-0.25, -0.2) is 4.98 Å². The number of rotatable bonds is 6. The minimum absolute atomic E-state index is 0.0735. The summed E-state index contributed by atoms with van der Waals surface area (Å²) >= 11 is 6.17. The first-order valence-corrected chi connectivity index (χ1v) is 8.55. The number of benzene rings is 1. The molecule has 0 saturated carbocycles. The predicted octanol–water partition coefficient (Wildman–Crippen LogP) is 2.17. The van der Waals surface area contributed by atoms with E-state index in [0.717, 1.165) is 16.1 Å². The maximum Gasteiger partial charge on any atom is 0.235 e. The SMILES string of the molecule is CC(=O)NNc1nc(C)c(C(/C=C/c2ccccc2)=N\NC(N)=S)s1. The van der Waals surface area contributed by atoms with Crippen LogP contribution in [0, 0.1) is 6.92 Å². The van der Waals surface area contributed by atoms with E-state index < -0.39 is 0 Å². The van der Waals surface area contributed by atoms with Gasteiger partial charge in [0.2, 0.25) is 11.0 Å². The van der Waals surface area contributed by atoms with E-state index in [0.29, 0.717) is 10.8 Å². The number of aryl methyl sites for hydroxylation is 1. The standard InChI is InChI=1S/C16H18N6OS2/c1-10-14(25-16(18-10)22-19-11(2)23)13(20-21-15(17)24)9-8-12-6-4-3-5-7-12/h3-9H,1-2H3,(H,18,22)(H,19,23)(H3,17,21,24)/b9-8+,20-13-. The average molecular weight is 374 g/mol. The lowest BCUT2D eigenvalue weighted by Crippen LogP contribution is -2.26. The van der Waals surface area contributed by atoms with Gasteiger partial charge < -0.3 is 5.73 Å². The van der Waals surface area contributed by atoms with Crippen molar-refractivity contribution in [2.75, 3.05) is 5.43 Å². The van der Waals surface area contributed by atoms with Gasteiger partial charge in [0.15, 0.2) is 5.11 Å². The van der Waals surface area contributed by atoms with E-state index in [1.54, 1.807) is 0 Å². The predicted molar refractivity (Wildman–Crippen MR) is 106 cm³/mol. The number of hydrogen-bond donors (Lipinski definition) is 4. The number of hydrazone groups is 1. The molecule has 130 valence electrons. The zero-order chi connectivity index (χ0) is 18.2. The Morgan fingerprint density at radius 2 is 2.08 bits per heavy atom. The van der Waals surface area contributed by atoms with Gasteiger partial charge in [0.25, 0.3) is 0 Å². The van der Waals surface area contributed by atoms with Crippen molar-refractivity contribution in [3.05, 3.63) is 52.5 Å². The Bertz CT molecular complexity index is 813. The number of thiazole rings is 1. The van der Waals surface area contributed by atoms with E-state index in [4.69, 9.17) is 18.0 Å². The lowest BCUT2D eigenvalue weighted by molar-refractivity contribution is -0.118. The molecule has 0 atom stereocenters. The molecule has 0 unspecified atom stereocenters. The Morgan fingerprint density at radius 3 is 2.72 bits per heavy atom. The van der Waals surface area contributed by atoms with E-state index in [-0.39, 0.29) is 11.0 Å². The fourth-order valence-electron chi connectivity index (χ4n) is 1.85. The molecule has 0 spiro atoms. The fourth-order valence-corrected chi connectivity index (χ4v) is 2.78. The molecule has 0 bridgehead atoms. The summed E-state index contributed by atoms with van der Waals surface area (Å²) < 4.78 is 0. The molecule has 1 amide bonds. The minimum Gasteiger partial charge on any atom is -0.375 e. The molecule has 5 N–H and O–H groups in total. The number of nitrogens with one attached hydrogen (secondary N) is 3. The third-order valence-electron chi connectivity index (χ3n) is 2.89. The second-order valence-corrected chi connectivity index (χ2v) is 6.40. The van der Waals surface area contributed by atoms with Crippen molar-refractivity contribution in [3.63, 3.8) is 0 Å². The molecule has 9 heteroatoms. The van der Waals surface area contributed by atoms with Crippen molar-refractivity contribution in [1.82, 2.24) is 15.8 Å². The largest absolute Gasteiger partial charge is 0.375 e. The number of nitrogens with two attached hydrogens (primary N) is 1. The highest BCUT2D eigenvalue weighted by atomic mass is 32.1. The van der Waals surface area contributed by atoms with Crippen LogP contribution in [0.25, 0.3) is 6.08 Å². The number of hydrazine groups is 1. The maximum atomic E-state index is 11.0. The average Bonchev–Trinajstić information content (AvgIpc) is 2.94. The highest BCUT2D eigenvalue weighted by molar-refractivity contribution is 7.80. The number of hydrogen-bond acceptors (Lipinski definition) is 6. The topological polar surface area (TPSA) is 104 Å². The van der Waals surface area contributed by atoms with E-state index in [9.17, 15) is 4.79 Å². The summed E-state index contributed by atoms with van der Waals surface area (Å²) in [6.45, 7) is 3.27. The smallest absolute Gasteiger partial charge is 0.235 e. The van der Waals surface area contributed by atoms with Gasteiger partial charge in [-0.15, -0.1) is 0 Å². The molecule has 0 aliphatic heterocycles. The van der Waals surface area contributed by atoms with Crippen LogP contribution in [0.5, 0.6) is 0 Å². The van der Waals surface area contributed by atoms with Gasteiger partial charge in [-0.3, -0.25) is 21.1 Å². The number of carbonyl (C=O) groups excluding carboxylic acids is 1. The van der Waals surface area contributed by atoms with E-state index in [2.05, 4.69) is 26.4 Å². The Labute approximate surface area is 155 Å². The van der Waals surface area contributed by atoms with Crippen LogP contribution in [-0.4, -0.2) is 21.7 Å². The van der Waals surface area contributed by atoms with Gasteiger partial charge in [-0.2, -0.15) is 5.10 Å². The molecule has 1 aromatic heterocycles. The molecule has 0 aliphatic carbocycles. The van der Waals surface area contributed by atoms with Crippen LogP contribution in [0.4, 0.5) is 5.13 Å². The molecule has 25 heavy (non-hydrogen) atoms. The Kier molecular flexibility index (Phi) is 6.61. The van der Waals surface area contributed by atoms with Crippen LogP contribution >= 0.6 is 23.6 Å². The first-order valence-electron chi connectivity index (χ1n) is 7.32. The number of aromatic nitrogens is 1. The number of nitrogens with zero attached hydrogens (tertiary/aromatic N) is 2. The van der Waals surface area contributed by atoms with Crippen LogP contribution in [0.3, 0.4) is 0 Å². The molecule has 0 saturated heterocycles. The first kappa shape index (κ1) is 18.6. The number of allylic oxidation sites excluding steroid dienone is 1. The fraction of sp³-hybridized carbons (Fsp3) is 0.125. The van der Waals surface area contributed by atoms with Crippen LogP contribution in [0.2, 0.25) is 0 Å². The molecule has 1 aromatic carbocycles. The van der Waals surface area contributed by atoms with Crippen molar-refractivity contribution in [3.8, 4) is 0 Å². The molecule has 7 nitrogen and oxygen atoms in total. The molecule has 0 fully saturated rings. The Morgan fingerprint density at radius 1 is 1.36 bits per heavy atom. The zero-order valence-corrected chi connectivity index (χ0v) is 15.4. The molecule has 1 heterocycles. The minimum atomic E-state index is -0.206. The third kappa shape index (κ3) is 5.98. The van der Waals surface area contributed by atoms with Gasteiger partial charge in [-0.1, -0.05) is 47.7 Å². The van der Waals surface area contributed by atoms with Gasteiger partial charge >= 0.3 is 0 Å². The van der Waals surface area contributed by atoms with E-state index in [1.165, 1.54) is 18.3 Å². The van der Waals surface area contributed by atoms with Crippen LogP contribution < -0.4 is 22.0 Å². The summed E-state index contributed by atoms with van der Waals surface area (Å²) in [5.74, 6) is -0.206. The summed E-state index contributed by atoms with van der Waals surface area (Å²) in [5.41, 5.74) is 15.7. The summed E-state index contributed by atoms with van der Waals surface area (Å²) in [6, 6.07) is 9.83. The molecule has 2 aromatic rings. The monoisotopic (exact) mass is 374 g/mol. The van der Waals surface area contributed by atoms with Crippen LogP contribution in [-0.2, 0) is 4.79 Å². The quantitative estimate of drug-likeness (QED) is 0.351. The van der Waals surface area contributed by atoms with Gasteiger partial charge in [-0.05, 0) is 30.8 Å². The number of carbonyl (C=O) groups is 1. The molecular formula is C16H18N6OS2.